The molecule has 0 aliphatic heterocycles. The van der Waals surface area contributed by atoms with E-state index in [9.17, 15) is 9.18 Å². The Morgan fingerprint density at radius 1 is 1.14 bits per heavy atom. The fraction of sp³-hybridized carbons (Fsp3) is 0.250. The van der Waals surface area contributed by atoms with Gasteiger partial charge in [0.2, 0.25) is 11.0 Å². The van der Waals surface area contributed by atoms with Crippen molar-refractivity contribution in [3.8, 4) is 0 Å². The molecule has 0 radical (unpaired) electrons. The number of nitrogens with one attached hydrogen (secondary N) is 2. The Hall–Kier alpha value is -2.45. The Bertz CT molecular complexity index is 944. The van der Waals surface area contributed by atoms with Crippen molar-refractivity contribution < 1.29 is 9.18 Å². The maximum atomic E-state index is 12.9. The van der Waals surface area contributed by atoms with E-state index in [1.54, 1.807) is 12.1 Å². The van der Waals surface area contributed by atoms with Gasteiger partial charge in [0.05, 0.1) is 5.75 Å². The summed E-state index contributed by atoms with van der Waals surface area (Å²) in [6.45, 7) is 4.64. The van der Waals surface area contributed by atoms with E-state index in [2.05, 4.69) is 40.7 Å². The predicted molar refractivity (Wildman–Crippen MR) is 113 cm³/mol. The fourth-order valence-corrected chi connectivity index (χ4v) is 4.09. The first-order chi connectivity index (χ1) is 13.5. The Morgan fingerprint density at radius 2 is 1.93 bits per heavy atom. The van der Waals surface area contributed by atoms with E-state index in [4.69, 9.17) is 0 Å². The van der Waals surface area contributed by atoms with E-state index in [1.807, 2.05) is 12.1 Å². The number of aryl methyl sites for hydroxylation is 1. The zero-order valence-electron chi connectivity index (χ0n) is 15.7. The summed E-state index contributed by atoms with van der Waals surface area (Å²) in [5.74, 6) is -0.0411. The lowest BCUT2D eigenvalue weighted by Crippen LogP contribution is -2.27. The SMILES string of the molecule is Cc1cccc(Nc2nnc(SCC(=O)NCCc3ccc(F)cc3)s2)c1C. The van der Waals surface area contributed by atoms with Crippen LogP contribution < -0.4 is 10.6 Å². The van der Waals surface area contributed by atoms with Crippen molar-refractivity contribution >= 4 is 39.8 Å². The van der Waals surface area contributed by atoms with E-state index in [0.717, 1.165) is 15.6 Å². The topological polar surface area (TPSA) is 66.9 Å². The summed E-state index contributed by atoms with van der Waals surface area (Å²) in [4.78, 5) is 12.0. The van der Waals surface area contributed by atoms with Crippen molar-refractivity contribution in [2.75, 3.05) is 17.6 Å². The minimum atomic E-state index is -0.257. The Kier molecular flexibility index (Phi) is 7.00. The monoisotopic (exact) mass is 416 g/mol. The highest BCUT2D eigenvalue weighted by atomic mass is 32.2. The second kappa shape index (κ2) is 9.66. The Labute approximate surface area is 171 Å². The molecule has 8 heteroatoms. The van der Waals surface area contributed by atoms with Crippen LogP contribution in [0.15, 0.2) is 46.8 Å². The van der Waals surface area contributed by atoms with E-state index < -0.39 is 0 Å². The summed E-state index contributed by atoms with van der Waals surface area (Å²) in [5, 5.41) is 15.1. The largest absolute Gasteiger partial charge is 0.355 e. The molecule has 1 heterocycles. The lowest BCUT2D eigenvalue weighted by molar-refractivity contribution is -0.118. The number of aromatic nitrogens is 2. The summed E-state index contributed by atoms with van der Waals surface area (Å²) in [7, 11) is 0. The average molecular weight is 417 g/mol. The molecular weight excluding hydrogens is 395 g/mol. The number of rotatable bonds is 8. The molecule has 146 valence electrons. The van der Waals surface area contributed by atoms with Gasteiger partial charge in [0, 0.05) is 12.2 Å². The summed E-state index contributed by atoms with van der Waals surface area (Å²) in [5.41, 5.74) is 4.38. The van der Waals surface area contributed by atoms with Gasteiger partial charge in [-0.3, -0.25) is 4.79 Å². The first-order valence-corrected chi connectivity index (χ1v) is 10.6. The highest BCUT2D eigenvalue weighted by Crippen LogP contribution is 2.29. The number of anilines is 2. The van der Waals surface area contributed by atoms with Gasteiger partial charge < -0.3 is 10.6 Å². The molecule has 2 N–H and O–H groups in total. The van der Waals surface area contributed by atoms with Gasteiger partial charge in [0.25, 0.3) is 0 Å². The first-order valence-electron chi connectivity index (χ1n) is 8.82. The maximum absolute atomic E-state index is 12.9. The summed E-state index contributed by atoms with van der Waals surface area (Å²) in [6.07, 6.45) is 0.666. The van der Waals surface area contributed by atoms with Gasteiger partial charge in [0.15, 0.2) is 4.34 Å². The molecule has 3 aromatic rings. The lowest BCUT2D eigenvalue weighted by Gasteiger charge is -2.08. The van der Waals surface area contributed by atoms with Crippen LogP contribution in [0.4, 0.5) is 15.2 Å². The van der Waals surface area contributed by atoms with Crippen molar-refractivity contribution in [2.45, 2.75) is 24.6 Å². The molecule has 3 rings (SSSR count). The number of nitrogens with zero attached hydrogens (tertiary/aromatic N) is 2. The molecule has 0 atom stereocenters. The lowest BCUT2D eigenvalue weighted by atomic mass is 10.1. The van der Waals surface area contributed by atoms with Crippen LogP contribution in [0.3, 0.4) is 0 Å². The van der Waals surface area contributed by atoms with Gasteiger partial charge in [-0.25, -0.2) is 4.39 Å². The van der Waals surface area contributed by atoms with Crippen molar-refractivity contribution in [1.29, 1.82) is 0 Å². The van der Waals surface area contributed by atoms with Crippen LogP contribution in [0.25, 0.3) is 0 Å². The molecule has 0 fully saturated rings. The second-order valence-corrected chi connectivity index (χ2v) is 8.46. The van der Waals surface area contributed by atoms with E-state index in [0.29, 0.717) is 18.1 Å². The van der Waals surface area contributed by atoms with Crippen LogP contribution in [-0.2, 0) is 11.2 Å². The number of thioether (sulfide) groups is 1. The van der Waals surface area contributed by atoms with Gasteiger partial charge in [0.1, 0.15) is 5.82 Å². The van der Waals surface area contributed by atoms with Gasteiger partial charge in [-0.2, -0.15) is 0 Å². The van der Waals surface area contributed by atoms with E-state index in [1.165, 1.54) is 46.4 Å². The molecule has 1 amide bonds. The molecule has 5 nitrogen and oxygen atoms in total. The zero-order chi connectivity index (χ0) is 19.9. The highest BCUT2D eigenvalue weighted by molar-refractivity contribution is 8.01. The first kappa shape index (κ1) is 20.3. The third-order valence-electron chi connectivity index (χ3n) is 4.23. The normalized spacial score (nSPS) is 10.7. The molecule has 1 aromatic heterocycles. The van der Waals surface area contributed by atoms with Gasteiger partial charge in [-0.15, -0.1) is 10.2 Å². The molecule has 0 saturated heterocycles. The van der Waals surface area contributed by atoms with Crippen LogP contribution in [0.5, 0.6) is 0 Å². The average Bonchev–Trinajstić information content (AvgIpc) is 3.13. The number of amides is 1. The zero-order valence-corrected chi connectivity index (χ0v) is 17.3. The van der Waals surface area contributed by atoms with E-state index in [-0.39, 0.29) is 17.5 Å². The third-order valence-corrected chi connectivity index (χ3v) is 6.20. The molecule has 0 aliphatic carbocycles. The predicted octanol–water partition coefficient (Wildman–Crippen LogP) is 4.49. The smallest absolute Gasteiger partial charge is 0.230 e. The van der Waals surface area contributed by atoms with Gasteiger partial charge in [-0.05, 0) is 55.2 Å². The quantitative estimate of drug-likeness (QED) is 0.530. The molecule has 0 unspecified atom stereocenters. The van der Waals surface area contributed by atoms with E-state index >= 15 is 0 Å². The number of benzene rings is 2. The number of carbonyl (C=O) groups excluding carboxylic acids is 1. The second-order valence-electron chi connectivity index (χ2n) is 6.26. The summed E-state index contributed by atoms with van der Waals surface area (Å²) in [6, 6.07) is 12.4. The molecular formula is C20H21FN4OS2. The van der Waals surface area contributed by atoms with Crippen LogP contribution in [0.1, 0.15) is 16.7 Å². The molecule has 2 aromatic carbocycles. The minimum absolute atomic E-state index is 0.0636. The highest BCUT2D eigenvalue weighted by Gasteiger charge is 2.09. The Morgan fingerprint density at radius 3 is 2.71 bits per heavy atom. The standard InChI is InChI=1S/C20H21FN4OS2/c1-13-4-3-5-17(14(13)2)23-19-24-25-20(28-19)27-12-18(26)22-11-10-15-6-8-16(21)9-7-15/h3-9H,10-12H2,1-2H3,(H,22,26)(H,23,24). The summed E-state index contributed by atoms with van der Waals surface area (Å²) >= 11 is 2.78. The van der Waals surface area contributed by atoms with Crippen molar-refractivity contribution in [3.63, 3.8) is 0 Å². The van der Waals surface area contributed by atoms with Crippen LogP contribution in [0.2, 0.25) is 0 Å². The molecule has 28 heavy (non-hydrogen) atoms. The van der Waals surface area contributed by atoms with Gasteiger partial charge >= 0.3 is 0 Å². The van der Waals surface area contributed by atoms with Crippen LogP contribution in [-0.4, -0.2) is 28.4 Å². The van der Waals surface area contributed by atoms with Crippen molar-refractivity contribution in [3.05, 3.63) is 65.0 Å². The Balaban J connectivity index is 1.43. The summed E-state index contributed by atoms with van der Waals surface area (Å²) < 4.78 is 13.6. The molecule has 0 spiro atoms. The molecule has 0 bridgehead atoms. The minimum Gasteiger partial charge on any atom is -0.355 e. The van der Waals surface area contributed by atoms with Crippen molar-refractivity contribution in [2.24, 2.45) is 0 Å². The third kappa shape index (κ3) is 5.77. The number of hydrogen-bond acceptors (Lipinski definition) is 6. The maximum Gasteiger partial charge on any atom is 0.230 e. The van der Waals surface area contributed by atoms with Crippen LogP contribution in [0, 0.1) is 19.7 Å². The fourth-order valence-electron chi connectivity index (χ4n) is 2.50. The van der Waals surface area contributed by atoms with Crippen molar-refractivity contribution in [1.82, 2.24) is 15.5 Å². The van der Waals surface area contributed by atoms with Crippen LogP contribution >= 0.6 is 23.1 Å². The van der Waals surface area contributed by atoms with Gasteiger partial charge in [-0.1, -0.05) is 47.4 Å². The number of halogens is 1. The molecule has 0 aliphatic rings. The number of hydrogen-bond donors (Lipinski definition) is 2. The molecule has 0 saturated carbocycles. The number of carbonyl (C=O) groups is 1.